The Morgan fingerprint density at radius 1 is 1.32 bits per heavy atom. The van der Waals surface area contributed by atoms with Gasteiger partial charge in [-0.1, -0.05) is 11.6 Å². The standard InChI is InChI=1S/C17H26N4O3.ClH/c1-23-10-16-19-15(20-24-16)9-21-7-13(11-5-6-11)14(8-21)18-17(22)12-3-2-4-12;/h11-14H,2-10H2,1H3,(H,18,22);1H/t13-,14+;/m1./s1. The average molecular weight is 371 g/mol. The number of likely N-dealkylation sites (tertiary alicyclic amines) is 1. The normalized spacial score (nSPS) is 26.9. The van der Waals surface area contributed by atoms with Crippen LogP contribution in [0, 0.1) is 17.8 Å². The Morgan fingerprint density at radius 3 is 2.76 bits per heavy atom. The second kappa shape index (κ2) is 8.01. The molecule has 1 aromatic heterocycles. The first-order valence-corrected chi connectivity index (χ1v) is 9.06. The summed E-state index contributed by atoms with van der Waals surface area (Å²) in [6, 6.07) is 0.274. The molecule has 2 aliphatic carbocycles. The molecule has 0 aromatic carbocycles. The SMILES string of the molecule is COCc1nc(CN2C[C@H](NC(=O)C3CCC3)[C@@H](C3CC3)C2)no1.Cl. The number of hydrogen-bond donors (Lipinski definition) is 1. The molecular formula is C17H27ClN4O3. The fourth-order valence-corrected chi connectivity index (χ4v) is 3.90. The van der Waals surface area contributed by atoms with Gasteiger partial charge in [-0.25, -0.2) is 0 Å². The minimum Gasteiger partial charge on any atom is -0.375 e. The number of nitrogens with one attached hydrogen (secondary N) is 1. The second-order valence-electron chi connectivity index (χ2n) is 7.48. The monoisotopic (exact) mass is 370 g/mol. The Morgan fingerprint density at radius 2 is 2.12 bits per heavy atom. The summed E-state index contributed by atoms with van der Waals surface area (Å²) in [7, 11) is 1.61. The van der Waals surface area contributed by atoms with Gasteiger partial charge < -0.3 is 14.6 Å². The highest BCUT2D eigenvalue weighted by Crippen LogP contribution is 2.42. The molecule has 1 aromatic rings. The molecule has 3 fully saturated rings. The minimum absolute atomic E-state index is 0. The minimum atomic E-state index is 0. The van der Waals surface area contributed by atoms with Gasteiger partial charge in [0.2, 0.25) is 5.91 Å². The zero-order valence-corrected chi connectivity index (χ0v) is 15.5. The van der Waals surface area contributed by atoms with Crippen molar-refractivity contribution in [1.82, 2.24) is 20.4 Å². The van der Waals surface area contributed by atoms with Crippen molar-refractivity contribution in [1.29, 1.82) is 0 Å². The summed E-state index contributed by atoms with van der Waals surface area (Å²) in [6.07, 6.45) is 5.91. The van der Waals surface area contributed by atoms with E-state index >= 15 is 0 Å². The first kappa shape index (κ1) is 18.6. The van der Waals surface area contributed by atoms with Crippen LogP contribution in [0.25, 0.3) is 0 Å². The maximum absolute atomic E-state index is 12.3. The Labute approximate surface area is 154 Å². The van der Waals surface area contributed by atoms with Crippen molar-refractivity contribution >= 4 is 18.3 Å². The average Bonchev–Trinajstić information content (AvgIpc) is 3.13. The lowest BCUT2D eigenvalue weighted by Crippen LogP contribution is -2.45. The number of carbonyl (C=O) groups excluding carboxylic acids is 1. The van der Waals surface area contributed by atoms with E-state index in [1.165, 1.54) is 19.3 Å². The molecule has 0 bridgehead atoms. The van der Waals surface area contributed by atoms with E-state index < -0.39 is 0 Å². The van der Waals surface area contributed by atoms with Gasteiger partial charge in [-0.3, -0.25) is 9.69 Å². The molecule has 1 aliphatic heterocycles. The summed E-state index contributed by atoms with van der Waals surface area (Å²) in [5.74, 6) is 3.08. The highest BCUT2D eigenvalue weighted by Gasteiger charge is 2.43. The van der Waals surface area contributed by atoms with E-state index in [9.17, 15) is 4.79 Å². The largest absolute Gasteiger partial charge is 0.375 e. The van der Waals surface area contributed by atoms with Gasteiger partial charge in [0, 0.05) is 32.2 Å². The molecule has 0 radical (unpaired) electrons. The number of halogens is 1. The van der Waals surface area contributed by atoms with Crippen molar-refractivity contribution in [2.75, 3.05) is 20.2 Å². The summed E-state index contributed by atoms with van der Waals surface area (Å²) < 4.78 is 10.2. The van der Waals surface area contributed by atoms with Crippen LogP contribution in [0.15, 0.2) is 4.52 Å². The van der Waals surface area contributed by atoms with Crippen molar-refractivity contribution < 1.29 is 14.1 Å². The maximum atomic E-state index is 12.3. The number of methoxy groups -OCH3 is 1. The summed E-state index contributed by atoms with van der Waals surface area (Å²) in [5.41, 5.74) is 0. The van der Waals surface area contributed by atoms with E-state index in [0.717, 1.165) is 31.8 Å². The van der Waals surface area contributed by atoms with Crippen LogP contribution in [0.4, 0.5) is 0 Å². The molecule has 2 heterocycles. The molecule has 1 saturated heterocycles. The lowest BCUT2D eigenvalue weighted by atomic mass is 9.84. The van der Waals surface area contributed by atoms with E-state index in [-0.39, 0.29) is 30.3 Å². The predicted molar refractivity (Wildman–Crippen MR) is 93.0 cm³/mol. The Bertz CT molecular complexity index is 588. The molecule has 25 heavy (non-hydrogen) atoms. The molecule has 1 amide bonds. The molecule has 2 atom stereocenters. The third kappa shape index (κ3) is 4.33. The third-order valence-corrected chi connectivity index (χ3v) is 5.61. The topological polar surface area (TPSA) is 80.5 Å². The van der Waals surface area contributed by atoms with Crippen LogP contribution in [-0.2, 0) is 22.7 Å². The number of carbonyl (C=O) groups is 1. The molecule has 7 nitrogen and oxygen atoms in total. The van der Waals surface area contributed by atoms with E-state index in [1.54, 1.807) is 7.11 Å². The summed E-state index contributed by atoms with van der Waals surface area (Å²) >= 11 is 0. The van der Waals surface area contributed by atoms with E-state index in [2.05, 4.69) is 20.4 Å². The molecule has 140 valence electrons. The van der Waals surface area contributed by atoms with Crippen molar-refractivity contribution in [2.45, 2.75) is 51.3 Å². The predicted octanol–water partition coefficient (Wildman–Crippen LogP) is 1.76. The zero-order chi connectivity index (χ0) is 16.5. The molecule has 3 aliphatic rings. The Kier molecular flexibility index (Phi) is 5.96. The summed E-state index contributed by atoms with van der Waals surface area (Å²) in [5, 5.41) is 7.35. The van der Waals surface area contributed by atoms with Gasteiger partial charge in [0.05, 0.1) is 6.54 Å². The molecule has 0 spiro atoms. The van der Waals surface area contributed by atoms with Crippen LogP contribution in [0.3, 0.4) is 0 Å². The van der Waals surface area contributed by atoms with Crippen LogP contribution in [0.5, 0.6) is 0 Å². The molecule has 4 rings (SSSR count). The number of nitrogens with zero attached hydrogens (tertiary/aromatic N) is 3. The number of rotatable bonds is 7. The Hall–Kier alpha value is -1.18. The van der Waals surface area contributed by atoms with Crippen molar-refractivity contribution in [3.8, 4) is 0 Å². The van der Waals surface area contributed by atoms with Crippen molar-refractivity contribution in [3.63, 3.8) is 0 Å². The lowest BCUT2D eigenvalue weighted by molar-refractivity contribution is -0.128. The number of ether oxygens (including phenoxy) is 1. The van der Waals surface area contributed by atoms with Crippen molar-refractivity contribution in [3.05, 3.63) is 11.7 Å². The second-order valence-corrected chi connectivity index (χ2v) is 7.48. The molecule has 2 saturated carbocycles. The molecular weight excluding hydrogens is 344 g/mol. The van der Waals surface area contributed by atoms with Crippen molar-refractivity contribution in [2.24, 2.45) is 17.8 Å². The summed E-state index contributed by atoms with van der Waals surface area (Å²) in [4.78, 5) is 19.0. The maximum Gasteiger partial charge on any atom is 0.252 e. The fourth-order valence-electron chi connectivity index (χ4n) is 3.90. The number of hydrogen-bond acceptors (Lipinski definition) is 6. The molecule has 8 heteroatoms. The van der Waals surface area contributed by atoms with Crippen LogP contribution in [-0.4, -0.2) is 47.2 Å². The first-order valence-electron chi connectivity index (χ1n) is 9.06. The van der Waals surface area contributed by atoms with Crippen LogP contribution in [0.1, 0.15) is 43.8 Å². The van der Waals surface area contributed by atoms with Gasteiger partial charge in [0.15, 0.2) is 5.82 Å². The highest BCUT2D eigenvalue weighted by molar-refractivity contribution is 5.85. The highest BCUT2D eigenvalue weighted by atomic mass is 35.5. The smallest absolute Gasteiger partial charge is 0.252 e. The van der Waals surface area contributed by atoms with Gasteiger partial charge in [0.1, 0.15) is 6.61 Å². The van der Waals surface area contributed by atoms with Gasteiger partial charge in [-0.05, 0) is 37.5 Å². The molecule has 0 unspecified atom stereocenters. The molecule has 1 N–H and O–H groups in total. The number of aromatic nitrogens is 2. The van der Waals surface area contributed by atoms with Gasteiger partial charge in [-0.15, -0.1) is 12.4 Å². The lowest BCUT2D eigenvalue weighted by Gasteiger charge is -2.28. The summed E-state index contributed by atoms with van der Waals surface area (Å²) in [6.45, 7) is 2.91. The zero-order valence-electron chi connectivity index (χ0n) is 14.6. The van der Waals surface area contributed by atoms with Crippen LogP contribution < -0.4 is 5.32 Å². The van der Waals surface area contributed by atoms with Crippen LogP contribution >= 0.6 is 12.4 Å². The van der Waals surface area contributed by atoms with E-state index in [1.807, 2.05) is 0 Å². The van der Waals surface area contributed by atoms with Gasteiger partial charge in [0.25, 0.3) is 5.89 Å². The van der Waals surface area contributed by atoms with Gasteiger partial charge in [-0.2, -0.15) is 4.98 Å². The number of amides is 1. The fraction of sp³-hybridized carbons (Fsp3) is 0.824. The first-order chi connectivity index (χ1) is 11.7. The van der Waals surface area contributed by atoms with E-state index in [0.29, 0.717) is 30.8 Å². The van der Waals surface area contributed by atoms with E-state index in [4.69, 9.17) is 9.26 Å². The Balaban J connectivity index is 0.00000182. The van der Waals surface area contributed by atoms with Crippen LogP contribution in [0.2, 0.25) is 0 Å². The van der Waals surface area contributed by atoms with Gasteiger partial charge >= 0.3 is 0 Å². The quantitative estimate of drug-likeness (QED) is 0.787. The third-order valence-electron chi connectivity index (χ3n) is 5.61.